The topological polar surface area (TPSA) is 120 Å². The molecule has 0 saturated heterocycles. The van der Waals surface area contributed by atoms with Gasteiger partial charge in [0.25, 0.3) is 11.8 Å². The van der Waals surface area contributed by atoms with Gasteiger partial charge in [0.2, 0.25) is 0 Å². The predicted molar refractivity (Wildman–Crippen MR) is 91.8 cm³/mol. The number of hydrogen-bond donors (Lipinski definition) is 2. The highest BCUT2D eigenvalue weighted by Gasteiger charge is 2.33. The van der Waals surface area contributed by atoms with Crippen molar-refractivity contribution >= 4 is 34.7 Å². The van der Waals surface area contributed by atoms with E-state index in [2.05, 4.69) is 20.5 Å². The number of rotatable bonds is 5. The molecule has 9 nitrogen and oxygen atoms in total. The highest BCUT2D eigenvalue weighted by Crippen LogP contribution is 2.32. The average Bonchev–Trinajstić information content (AvgIpc) is 3.16. The summed E-state index contributed by atoms with van der Waals surface area (Å²) >= 11 is 5.12. The van der Waals surface area contributed by atoms with E-state index in [4.69, 9.17) is 17.3 Å². The fraction of sp³-hybridized carbons (Fsp3) is 0.267. The molecule has 0 atom stereocenters. The van der Waals surface area contributed by atoms with Crippen LogP contribution in [0.2, 0.25) is 0 Å². The minimum absolute atomic E-state index is 0.0230. The molecule has 0 bridgehead atoms. The molecule has 3 heterocycles. The molecule has 3 N–H and O–H groups in total. The zero-order chi connectivity index (χ0) is 19.9. The van der Waals surface area contributed by atoms with Gasteiger partial charge in [-0.05, 0) is 31.5 Å². The second-order valence-corrected chi connectivity index (χ2v) is 6.12. The fourth-order valence-electron chi connectivity index (χ4n) is 2.46. The molecule has 0 aliphatic rings. The van der Waals surface area contributed by atoms with Gasteiger partial charge in [0.1, 0.15) is 5.69 Å². The first-order chi connectivity index (χ1) is 12.6. The van der Waals surface area contributed by atoms with Crippen molar-refractivity contribution in [2.24, 2.45) is 5.73 Å². The standard InChI is InChI=1S/C15H14ClF2N7O2/c1-3-24-6-9(12(23-24)13(19)26)21-14(27)8-5-11-20-7(2)4-10(15(16,17)18)25(11)22-8/h4-6H,3H2,1-2H3,(H2,19,26)(H,21,27). The van der Waals surface area contributed by atoms with Crippen LogP contribution >= 0.6 is 11.6 Å². The second kappa shape index (κ2) is 6.58. The van der Waals surface area contributed by atoms with E-state index in [1.807, 2.05) is 0 Å². The zero-order valence-electron chi connectivity index (χ0n) is 14.2. The van der Waals surface area contributed by atoms with Crippen LogP contribution in [-0.2, 0) is 11.9 Å². The summed E-state index contributed by atoms with van der Waals surface area (Å²) in [5.41, 5.74) is 4.69. The molecule has 0 aliphatic carbocycles. The number of aromatic nitrogens is 5. The number of halogens is 3. The van der Waals surface area contributed by atoms with E-state index in [9.17, 15) is 18.4 Å². The SMILES string of the molecule is CCn1cc(NC(=O)c2cc3nc(C)cc(C(F)(F)Cl)n3n2)c(C(N)=O)n1. The van der Waals surface area contributed by atoms with Crippen molar-refractivity contribution in [3.8, 4) is 0 Å². The van der Waals surface area contributed by atoms with Crippen LogP contribution in [-0.4, -0.2) is 36.2 Å². The molecule has 0 radical (unpaired) electrons. The lowest BCUT2D eigenvalue weighted by molar-refractivity contribution is 0.0867. The van der Waals surface area contributed by atoms with Crippen molar-refractivity contribution < 1.29 is 18.4 Å². The molecule has 0 fully saturated rings. The van der Waals surface area contributed by atoms with Crippen LogP contribution in [0.4, 0.5) is 14.5 Å². The third-order valence-corrected chi connectivity index (χ3v) is 3.84. The molecule has 0 unspecified atom stereocenters. The van der Waals surface area contributed by atoms with Crippen molar-refractivity contribution in [2.45, 2.75) is 25.8 Å². The quantitative estimate of drug-likeness (QED) is 0.637. The van der Waals surface area contributed by atoms with E-state index in [1.165, 1.54) is 23.9 Å². The Labute approximate surface area is 156 Å². The maximum absolute atomic E-state index is 13.6. The fourth-order valence-corrected chi connectivity index (χ4v) is 2.59. The first-order valence-corrected chi connectivity index (χ1v) is 8.11. The van der Waals surface area contributed by atoms with Crippen LogP contribution in [0, 0.1) is 6.92 Å². The molecule has 142 valence electrons. The van der Waals surface area contributed by atoms with Gasteiger partial charge in [0.15, 0.2) is 17.0 Å². The van der Waals surface area contributed by atoms with E-state index >= 15 is 0 Å². The van der Waals surface area contributed by atoms with E-state index < -0.39 is 22.9 Å². The number of nitrogens with one attached hydrogen (secondary N) is 1. The first kappa shape index (κ1) is 18.7. The summed E-state index contributed by atoms with van der Waals surface area (Å²) in [6, 6.07) is 2.30. The van der Waals surface area contributed by atoms with Gasteiger partial charge >= 0.3 is 5.38 Å². The molecule has 27 heavy (non-hydrogen) atoms. The van der Waals surface area contributed by atoms with Gasteiger partial charge in [-0.25, -0.2) is 9.50 Å². The molecule has 2 amide bonds. The Kier molecular flexibility index (Phi) is 4.56. The molecule has 12 heteroatoms. The Morgan fingerprint density at radius 1 is 1.33 bits per heavy atom. The van der Waals surface area contributed by atoms with Gasteiger partial charge in [-0.15, -0.1) is 0 Å². The lowest BCUT2D eigenvalue weighted by Crippen LogP contribution is -2.18. The van der Waals surface area contributed by atoms with E-state index in [0.717, 1.165) is 10.6 Å². The number of aryl methyl sites for hydroxylation is 2. The highest BCUT2D eigenvalue weighted by molar-refractivity contribution is 6.21. The highest BCUT2D eigenvalue weighted by atomic mass is 35.5. The van der Waals surface area contributed by atoms with Crippen molar-refractivity contribution in [1.82, 2.24) is 24.4 Å². The van der Waals surface area contributed by atoms with Crippen molar-refractivity contribution in [3.05, 3.63) is 41.1 Å². The van der Waals surface area contributed by atoms with Gasteiger partial charge in [-0.3, -0.25) is 14.3 Å². The number of carbonyl (C=O) groups excluding carboxylic acids is 2. The Morgan fingerprint density at radius 3 is 2.63 bits per heavy atom. The molecular formula is C15H14ClF2N7O2. The Hall–Kier alpha value is -3.08. The molecule has 3 aromatic heterocycles. The predicted octanol–water partition coefficient (Wildman–Crippen LogP) is 1.89. The number of fused-ring (bicyclic) bond motifs is 1. The number of anilines is 1. The second-order valence-electron chi connectivity index (χ2n) is 5.65. The third-order valence-electron chi connectivity index (χ3n) is 3.65. The van der Waals surface area contributed by atoms with Gasteiger partial charge in [-0.2, -0.15) is 19.0 Å². The summed E-state index contributed by atoms with van der Waals surface area (Å²) < 4.78 is 29.4. The van der Waals surface area contributed by atoms with Gasteiger partial charge in [-0.1, -0.05) is 0 Å². The smallest absolute Gasteiger partial charge is 0.364 e. The molecule has 0 saturated carbocycles. The summed E-state index contributed by atoms with van der Waals surface area (Å²) in [7, 11) is 0. The maximum Gasteiger partial charge on any atom is 0.364 e. The van der Waals surface area contributed by atoms with Crippen LogP contribution in [0.3, 0.4) is 0 Å². The van der Waals surface area contributed by atoms with Crippen molar-refractivity contribution in [1.29, 1.82) is 0 Å². The summed E-state index contributed by atoms with van der Waals surface area (Å²) in [5.74, 6) is -1.57. The van der Waals surface area contributed by atoms with Crippen LogP contribution in [0.1, 0.15) is 39.3 Å². The number of nitrogens with two attached hydrogens (primary N) is 1. The molecule has 0 aliphatic heterocycles. The van der Waals surface area contributed by atoms with Gasteiger partial charge < -0.3 is 11.1 Å². The summed E-state index contributed by atoms with van der Waals surface area (Å²) in [5, 5.41) is 6.55. The minimum Gasteiger partial charge on any atom is -0.364 e. The van der Waals surface area contributed by atoms with E-state index in [0.29, 0.717) is 6.54 Å². The average molecular weight is 398 g/mol. The monoisotopic (exact) mass is 397 g/mol. The van der Waals surface area contributed by atoms with Crippen LogP contribution < -0.4 is 11.1 Å². The molecule has 3 aromatic rings. The lowest BCUT2D eigenvalue weighted by atomic mass is 10.3. The Balaban J connectivity index is 2.00. The van der Waals surface area contributed by atoms with E-state index in [-0.39, 0.29) is 28.4 Å². The zero-order valence-corrected chi connectivity index (χ0v) is 15.0. The Morgan fingerprint density at radius 2 is 2.04 bits per heavy atom. The maximum atomic E-state index is 13.6. The normalized spacial score (nSPS) is 11.7. The molecule has 3 rings (SSSR count). The number of carbonyl (C=O) groups is 2. The number of primary amides is 1. The molecular weight excluding hydrogens is 384 g/mol. The van der Waals surface area contributed by atoms with Gasteiger partial charge in [0.05, 0.1) is 5.69 Å². The lowest BCUT2D eigenvalue weighted by Gasteiger charge is -2.10. The summed E-state index contributed by atoms with van der Waals surface area (Å²) in [6.07, 6.45) is 1.43. The van der Waals surface area contributed by atoms with E-state index in [1.54, 1.807) is 6.92 Å². The first-order valence-electron chi connectivity index (χ1n) is 7.73. The number of alkyl halides is 3. The molecule has 0 aromatic carbocycles. The number of nitrogens with zero attached hydrogens (tertiary/aromatic N) is 5. The summed E-state index contributed by atoms with van der Waals surface area (Å²) in [6.45, 7) is 3.74. The van der Waals surface area contributed by atoms with Crippen molar-refractivity contribution in [3.63, 3.8) is 0 Å². The largest absolute Gasteiger partial charge is 0.364 e. The Bertz CT molecular complexity index is 1050. The van der Waals surface area contributed by atoms with Crippen LogP contribution in [0.5, 0.6) is 0 Å². The van der Waals surface area contributed by atoms with Crippen molar-refractivity contribution in [2.75, 3.05) is 5.32 Å². The van der Waals surface area contributed by atoms with Gasteiger partial charge in [0, 0.05) is 24.5 Å². The third kappa shape index (κ3) is 3.58. The van der Waals surface area contributed by atoms with Crippen LogP contribution in [0.25, 0.3) is 5.65 Å². The number of amides is 2. The molecule has 0 spiro atoms. The number of hydrogen-bond acceptors (Lipinski definition) is 5. The summed E-state index contributed by atoms with van der Waals surface area (Å²) in [4.78, 5) is 28.0. The minimum atomic E-state index is -3.70. The van der Waals surface area contributed by atoms with Crippen LogP contribution in [0.15, 0.2) is 18.3 Å².